The van der Waals surface area contributed by atoms with Gasteiger partial charge in [0.05, 0.1) is 41.7 Å². The molecule has 5 aliphatic rings. The molecule has 1 saturated carbocycles. The maximum atomic E-state index is 14.2. The SMILES string of the molecule is CCOC(=O)C1=C(C)C2[C@H]3C(=O)N(c4ccccc4Br)C(=O)[C@H]3C1(C)[C@H]1C(=O)N(c3ccccc3Br)C(=O)[C@@H]21. The van der Waals surface area contributed by atoms with Crippen molar-refractivity contribution in [2.45, 2.75) is 20.8 Å². The van der Waals surface area contributed by atoms with E-state index in [-0.39, 0.29) is 12.2 Å². The van der Waals surface area contributed by atoms with E-state index >= 15 is 0 Å². The molecule has 200 valence electrons. The molecule has 6 atom stereocenters. The quantitative estimate of drug-likeness (QED) is 0.351. The second-order valence-corrected chi connectivity index (χ2v) is 12.2. The van der Waals surface area contributed by atoms with Gasteiger partial charge in [0.15, 0.2) is 0 Å². The largest absolute Gasteiger partial charge is 0.463 e. The molecule has 0 radical (unpaired) electrons. The predicted octanol–water partition coefficient (Wildman–Crippen LogP) is 4.65. The third kappa shape index (κ3) is 3.24. The van der Waals surface area contributed by atoms with Gasteiger partial charge in [0.25, 0.3) is 0 Å². The van der Waals surface area contributed by atoms with Gasteiger partial charge in [-0.3, -0.25) is 19.2 Å². The normalized spacial score (nSPS) is 31.3. The lowest BCUT2D eigenvalue weighted by atomic mass is 9.43. The lowest BCUT2D eigenvalue weighted by Gasteiger charge is -2.55. The zero-order chi connectivity index (χ0) is 28.0. The van der Waals surface area contributed by atoms with Crippen LogP contribution in [0.5, 0.6) is 0 Å². The van der Waals surface area contributed by atoms with E-state index in [2.05, 4.69) is 31.9 Å². The molecule has 3 fully saturated rings. The minimum absolute atomic E-state index is 0.102. The van der Waals surface area contributed by atoms with Gasteiger partial charge in [0, 0.05) is 25.9 Å². The third-order valence-corrected chi connectivity index (χ3v) is 10.2. The van der Waals surface area contributed by atoms with Crippen molar-refractivity contribution in [3.63, 3.8) is 0 Å². The number of esters is 1. The molecule has 10 heteroatoms. The standard InChI is InChI=1S/C29H24Br2N2O6/c1-4-39-28(38)21-13(2)18-19-22(26(36)32(24(19)34)16-11-7-5-9-14(16)30)29(21,3)23-20(18)25(35)33(27(23)37)17-12-8-6-10-15(17)31/h5-12,18-20,22-23H,4H2,1-3H3/t18?,19-,20+,22+,23-,29?. The molecule has 2 unspecified atom stereocenters. The first-order chi connectivity index (χ1) is 18.6. The summed E-state index contributed by atoms with van der Waals surface area (Å²) in [5.74, 6) is -7.11. The van der Waals surface area contributed by atoms with E-state index in [4.69, 9.17) is 4.74 Å². The van der Waals surface area contributed by atoms with Crippen LogP contribution in [0.3, 0.4) is 0 Å². The molecule has 0 spiro atoms. The number of carbonyl (C=O) groups excluding carboxylic acids is 5. The zero-order valence-corrected chi connectivity index (χ0v) is 24.5. The Bertz CT molecular complexity index is 1440. The van der Waals surface area contributed by atoms with Crippen LogP contribution < -0.4 is 9.80 Å². The summed E-state index contributed by atoms with van der Waals surface area (Å²) in [5.41, 5.74) is 0.0907. The average Bonchev–Trinajstić information content (AvgIpc) is 3.31. The third-order valence-electron chi connectivity index (χ3n) is 8.87. The number of benzene rings is 2. The number of halogens is 2. The summed E-state index contributed by atoms with van der Waals surface area (Å²) in [4.78, 5) is 72.3. The molecule has 8 nitrogen and oxygen atoms in total. The summed E-state index contributed by atoms with van der Waals surface area (Å²) in [7, 11) is 0. The molecule has 2 heterocycles. The fourth-order valence-electron chi connectivity index (χ4n) is 7.55. The van der Waals surface area contributed by atoms with E-state index in [0.29, 0.717) is 25.9 Å². The van der Waals surface area contributed by atoms with Gasteiger partial charge in [-0.05, 0) is 70.0 Å². The number of hydrogen-bond donors (Lipinski definition) is 0. The van der Waals surface area contributed by atoms with Crippen molar-refractivity contribution in [3.8, 4) is 0 Å². The number of imide groups is 2. The predicted molar refractivity (Wildman–Crippen MR) is 148 cm³/mol. The lowest BCUT2D eigenvalue weighted by Crippen LogP contribution is -2.61. The van der Waals surface area contributed by atoms with E-state index < -0.39 is 64.6 Å². The summed E-state index contributed by atoms with van der Waals surface area (Å²) in [5, 5.41) is 0. The van der Waals surface area contributed by atoms with Crippen LogP contribution in [0.2, 0.25) is 0 Å². The number of anilines is 2. The average molecular weight is 656 g/mol. The van der Waals surface area contributed by atoms with Crippen LogP contribution in [0.15, 0.2) is 68.6 Å². The van der Waals surface area contributed by atoms with Crippen molar-refractivity contribution >= 4 is 72.8 Å². The molecule has 7 rings (SSSR count). The Balaban J connectivity index is 1.57. The first kappa shape index (κ1) is 26.1. The number of hydrogen-bond acceptors (Lipinski definition) is 6. The van der Waals surface area contributed by atoms with Crippen molar-refractivity contribution < 1.29 is 28.7 Å². The number of carbonyl (C=O) groups is 5. The minimum Gasteiger partial charge on any atom is -0.463 e. The maximum Gasteiger partial charge on any atom is 0.334 e. The van der Waals surface area contributed by atoms with E-state index in [1.165, 1.54) is 0 Å². The van der Waals surface area contributed by atoms with Crippen LogP contribution in [-0.4, -0.2) is 36.2 Å². The second-order valence-electron chi connectivity index (χ2n) is 10.5. The van der Waals surface area contributed by atoms with Crippen LogP contribution in [0.1, 0.15) is 20.8 Å². The van der Waals surface area contributed by atoms with Gasteiger partial charge in [-0.15, -0.1) is 0 Å². The molecule has 2 aliphatic heterocycles. The Labute approximate surface area is 241 Å². The summed E-state index contributed by atoms with van der Waals surface area (Å²) < 4.78 is 6.54. The van der Waals surface area contributed by atoms with E-state index in [9.17, 15) is 24.0 Å². The molecular formula is C29H24Br2N2O6. The van der Waals surface area contributed by atoms with Crippen LogP contribution in [0.4, 0.5) is 11.4 Å². The highest BCUT2D eigenvalue weighted by Crippen LogP contribution is 2.69. The summed E-state index contributed by atoms with van der Waals surface area (Å²) in [6.07, 6.45) is 0. The van der Waals surface area contributed by atoms with Gasteiger partial charge in [0.2, 0.25) is 23.6 Å². The van der Waals surface area contributed by atoms with Crippen LogP contribution >= 0.6 is 31.9 Å². The summed E-state index contributed by atoms with van der Waals surface area (Å²) in [6, 6.07) is 13.8. The van der Waals surface area contributed by atoms with Gasteiger partial charge < -0.3 is 4.74 Å². The molecular weight excluding hydrogens is 632 g/mol. The minimum atomic E-state index is -1.44. The number of para-hydroxylation sites is 2. The number of rotatable bonds is 4. The van der Waals surface area contributed by atoms with Gasteiger partial charge in [-0.25, -0.2) is 14.6 Å². The summed E-state index contributed by atoms with van der Waals surface area (Å²) in [6.45, 7) is 5.18. The molecule has 2 aromatic carbocycles. The van der Waals surface area contributed by atoms with Gasteiger partial charge in [-0.2, -0.15) is 0 Å². The lowest BCUT2D eigenvalue weighted by molar-refractivity contribution is -0.155. The molecule has 0 N–H and O–H groups in total. The van der Waals surface area contributed by atoms with Gasteiger partial charge in [0.1, 0.15) is 0 Å². The Hall–Kier alpha value is -3.11. The smallest absolute Gasteiger partial charge is 0.334 e. The van der Waals surface area contributed by atoms with Gasteiger partial charge in [-0.1, -0.05) is 36.8 Å². The van der Waals surface area contributed by atoms with Crippen molar-refractivity contribution in [1.82, 2.24) is 0 Å². The fourth-order valence-corrected chi connectivity index (χ4v) is 8.47. The van der Waals surface area contributed by atoms with Crippen LogP contribution in [0, 0.1) is 35.0 Å². The molecule has 2 aromatic rings. The van der Waals surface area contributed by atoms with Crippen LogP contribution in [-0.2, 0) is 28.7 Å². The fraction of sp³-hybridized carbons (Fsp3) is 0.345. The Kier molecular flexibility index (Phi) is 6.00. The number of amides is 4. The number of ether oxygens (including phenoxy) is 1. The molecule has 4 amide bonds. The monoisotopic (exact) mass is 654 g/mol. The highest BCUT2D eigenvalue weighted by Gasteiger charge is 2.77. The molecule has 0 aromatic heterocycles. The number of allylic oxidation sites excluding steroid dienone is 1. The zero-order valence-electron chi connectivity index (χ0n) is 21.3. The second kappa shape index (κ2) is 8.96. The Morgan fingerprint density at radius 3 is 1.64 bits per heavy atom. The molecule has 2 bridgehead atoms. The van der Waals surface area contributed by atoms with Crippen molar-refractivity contribution in [3.05, 3.63) is 68.6 Å². The Morgan fingerprint density at radius 1 is 0.795 bits per heavy atom. The molecule has 39 heavy (non-hydrogen) atoms. The van der Waals surface area contributed by atoms with Crippen molar-refractivity contribution in [2.24, 2.45) is 35.0 Å². The summed E-state index contributed by atoms with van der Waals surface area (Å²) >= 11 is 6.89. The highest BCUT2D eigenvalue weighted by molar-refractivity contribution is 9.11. The topological polar surface area (TPSA) is 101 Å². The molecule has 2 saturated heterocycles. The van der Waals surface area contributed by atoms with E-state index in [0.717, 1.165) is 9.80 Å². The van der Waals surface area contributed by atoms with Crippen molar-refractivity contribution in [1.29, 1.82) is 0 Å². The van der Waals surface area contributed by atoms with E-state index in [1.54, 1.807) is 69.3 Å². The first-order valence-electron chi connectivity index (χ1n) is 12.7. The van der Waals surface area contributed by atoms with E-state index in [1.807, 2.05) is 0 Å². The van der Waals surface area contributed by atoms with Gasteiger partial charge >= 0.3 is 5.97 Å². The number of nitrogens with zero attached hydrogens (tertiary/aromatic N) is 2. The molecule has 3 aliphatic carbocycles. The first-order valence-corrected chi connectivity index (χ1v) is 14.3. The maximum absolute atomic E-state index is 14.2. The Morgan fingerprint density at radius 2 is 1.23 bits per heavy atom. The van der Waals surface area contributed by atoms with Crippen molar-refractivity contribution in [2.75, 3.05) is 16.4 Å². The highest BCUT2D eigenvalue weighted by atomic mass is 79.9. The van der Waals surface area contributed by atoms with Crippen LogP contribution in [0.25, 0.3) is 0 Å².